The van der Waals surface area contributed by atoms with Crippen molar-refractivity contribution in [2.75, 3.05) is 20.7 Å². The fourth-order valence-corrected chi connectivity index (χ4v) is 6.61. The van der Waals surface area contributed by atoms with Crippen LogP contribution in [0.15, 0.2) is 42.5 Å². The number of nitrogens with zero attached hydrogens (tertiary/aromatic N) is 2. The highest BCUT2D eigenvalue weighted by atomic mass is 16.5. The smallest absolute Gasteiger partial charge is 0.119 e. The molecular formula is C24H26N2O. The third-order valence-electron chi connectivity index (χ3n) is 7.71. The Morgan fingerprint density at radius 2 is 2.07 bits per heavy atom. The molecule has 2 bridgehead atoms. The summed E-state index contributed by atoms with van der Waals surface area (Å²) >= 11 is 0. The fourth-order valence-electron chi connectivity index (χ4n) is 6.61. The van der Waals surface area contributed by atoms with Gasteiger partial charge in [0.1, 0.15) is 5.75 Å². The zero-order valence-corrected chi connectivity index (χ0v) is 16.3. The maximum atomic E-state index is 9.43. The molecule has 0 N–H and O–H groups in total. The number of fused-ring (bicyclic) bond motifs is 3. The summed E-state index contributed by atoms with van der Waals surface area (Å²) in [5.41, 5.74) is 5.10. The van der Waals surface area contributed by atoms with Crippen LogP contribution in [-0.4, -0.2) is 31.6 Å². The zero-order valence-electron chi connectivity index (χ0n) is 16.3. The molecule has 138 valence electrons. The van der Waals surface area contributed by atoms with Crippen molar-refractivity contribution in [3.63, 3.8) is 0 Å². The first-order valence-corrected chi connectivity index (χ1v) is 9.94. The van der Waals surface area contributed by atoms with Crippen LogP contribution in [0, 0.1) is 23.2 Å². The molecular weight excluding hydrogens is 332 g/mol. The second-order valence-electron chi connectivity index (χ2n) is 8.83. The maximum absolute atomic E-state index is 9.43. The number of hydrogen-bond donors (Lipinski definition) is 0. The summed E-state index contributed by atoms with van der Waals surface area (Å²) in [5.74, 6) is 2.75. The Kier molecular flexibility index (Phi) is 3.64. The summed E-state index contributed by atoms with van der Waals surface area (Å²) in [5, 5.41) is 9.43. The number of ether oxygens (including phenoxy) is 1. The van der Waals surface area contributed by atoms with Gasteiger partial charge >= 0.3 is 0 Å². The number of piperidine rings is 1. The highest BCUT2D eigenvalue weighted by Gasteiger charge is 2.61. The van der Waals surface area contributed by atoms with Crippen LogP contribution in [-0.2, 0) is 11.8 Å². The van der Waals surface area contributed by atoms with Gasteiger partial charge in [0.2, 0.25) is 0 Å². The third kappa shape index (κ3) is 2.23. The lowest BCUT2D eigenvalue weighted by molar-refractivity contribution is 0.113. The van der Waals surface area contributed by atoms with Crippen molar-refractivity contribution in [3.8, 4) is 11.8 Å². The number of likely N-dealkylation sites (N-methyl/N-ethyl adjacent to an activating group) is 1. The minimum Gasteiger partial charge on any atom is -0.497 e. The van der Waals surface area contributed by atoms with Crippen LogP contribution in [0.1, 0.15) is 41.5 Å². The number of hydrogen-bond acceptors (Lipinski definition) is 3. The lowest BCUT2D eigenvalue weighted by Crippen LogP contribution is -2.44. The first-order chi connectivity index (χ1) is 13.1. The van der Waals surface area contributed by atoms with Crippen molar-refractivity contribution < 1.29 is 4.74 Å². The second kappa shape index (κ2) is 5.84. The molecule has 3 aliphatic rings. The molecule has 0 aromatic heterocycles. The van der Waals surface area contributed by atoms with E-state index in [0.29, 0.717) is 23.8 Å². The van der Waals surface area contributed by atoms with Gasteiger partial charge in [-0.2, -0.15) is 5.26 Å². The van der Waals surface area contributed by atoms with Crippen LogP contribution >= 0.6 is 0 Å². The van der Waals surface area contributed by atoms with Gasteiger partial charge in [0.25, 0.3) is 0 Å². The summed E-state index contributed by atoms with van der Waals surface area (Å²) < 4.78 is 5.59. The SMILES string of the molecule is COc1ccc2c(c1)[C@@]1(C)C3C[C@H]([C@@H]1c1cccc(C#N)c1)N(C)CC3C2. The largest absolute Gasteiger partial charge is 0.497 e. The quantitative estimate of drug-likeness (QED) is 0.810. The van der Waals surface area contributed by atoms with E-state index in [1.165, 1.54) is 36.1 Å². The topological polar surface area (TPSA) is 36.3 Å². The molecule has 5 rings (SSSR count). The highest BCUT2D eigenvalue weighted by molar-refractivity contribution is 5.50. The average molecular weight is 358 g/mol. The van der Waals surface area contributed by atoms with Gasteiger partial charge in [-0.25, -0.2) is 0 Å². The molecule has 2 aromatic carbocycles. The van der Waals surface area contributed by atoms with Crippen LogP contribution in [0.25, 0.3) is 0 Å². The van der Waals surface area contributed by atoms with Crippen molar-refractivity contribution >= 4 is 0 Å². The number of benzene rings is 2. The first kappa shape index (κ1) is 16.8. The highest BCUT2D eigenvalue weighted by Crippen LogP contribution is 2.63. The van der Waals surface area contributed by atoms with Crippen molar-refractivity contribution in [1.29, 1.82) is 5.26 Å². The van der Waals surface area contributed by atoms with E-state index >= 15 is 0 Å². The molecule has 2 aliphatic carbocycles. The van der Waals surface area contributed by atoms with Gasteiger partial charge in [-0.05, 0) is 72.7 Å². The molecule has 1 saturated carbocycles. The Hall–Kier alpha value is -2.31. The maximum Gasteiger partial charge on any atom is 0.119 e. The summed E-state index contributed by atoms with van der Waals surface area (Å²) in [6.45, 7) is 3.65. The molecule has 1 aliphatic heterocycles. The third-order valence-corrected chi connectivity index (χ3v) is 7.71. The lowest BCUT2D eigenvalue weighted by atomic mass is 9.58. The van der Waals surface area contributed by atoms with E-state index in [2.05, 4.69) is 55.3 Å². The molecule has 5 atom stereocenters. The van der Waals surface area contributed by atoms with Crippen LogP contribution in [0.3, 0.4) is 0 Å². The molecule has 3 nitrogen and oxygen atoms in total. The predicted octanol–water partition coefficient (Wildman–Crippen LogP) is 4.11. The van der Waals surface area contributed by atoms with Gasteiger partial charge in [-0.15, -0.1) is 0 Å². The molecule has 0 amide bonds. The number of methoxy groups -OCH3 is 1. The van der Waals surface area contributed by atoms with E-state index in [1.807, 2.05) is 12.1 Å². The van der Waals surface area contributed by atoms with Gasteiger partial charge in [0, 0.05) is 23.9 Å². The Balaban J connectivity index is 1.74. The minimum absolute atomic E-state index is 0.0797. The van der Waals surface area contributed by atoms with Gasteiger partial charge in [0.05, 0.1) is 18.7 Å². The summed E-state index contributed by atoms with van der Waals surface area (Å²) in [6, 6.07) is 17.9. The van der Waals surface area contributed by atoms with Crippen molar-refractivity contribution in [2.45, 2.75) is 37.1 Å². The Labute approximate surface area is 161 Å². The Bertz CT molecular complexity index is 946. The van der Waals surface area contributed by atoms with Crippen molar-refractivity contribution in [2.24, 2.45) is 11.8 Å². The number of nitriles is 1. The molecule has 3 heteroatoms. The van der Waals surface area contributed by atoms with Crippen LogP contribution in [0.2, 0.25) is 0 Å². The average Bonchev–Trinajstić information content (AvgIpc) is 2.99. The van der Waals surface area contributed by atoms with E-state index in [-0.39, 0.29) is 5.41 Å². The summed E-state index contributed by atoms with van der Waals surface area (Å²) in [4.78, 5) is 2.58. The molecule has 2 fully saturated rings. The van der Waals surface area contributed by atoms with Crippen LogP contribution in [0.4, 0.5) is 0 Å². The standard InChI is InChI=1S/C24H26N2O/c1-24-20-11-19(27-3)8-7-16(20)10-18-14-26(2)22(12-21(18)24)23(24)17-6-4-5-15(9-17)13-25/h4-9,11,18,21-23H,10,12,14H2,1-3H3/t18?,21?,22-,23+,24+/m1/s1. The van der Waals surface area contributed by atoms with E-state index in [0.717, 1.165) is 11.3 Å². The number of likely N-dealkylation sites (tertiary alicyclic amines) is 1. The molecule has 1 saturated heterocycles. The van der Waals surface area contributed by atoms with Gasteiger partial charge < -0.3 is 9.64 Å². The fraction of sp³-hybridized carbons (Fsp3) is 0.458. The summed E-state index contributed by atoms with van der Waals surface area (Å²) in [7, 11) is 4.04. The van der Waals surface area contributed by atoms with Crippen molar-refractivity contribution in [3.05, 3.63) is 64.7 Å². The molecule has 2 aromatic rings. The molecule has 0 spiro atoms. The molecule has 2 unspecified atom stereocenters. The zero-order chi connectivity index (χ0) is 18.8. The van der Waals surface area contributed by atoms with Crippen LogP contribution < -0.4 is 4.74 Å². The van der Waals surface area contributed by atoms with E-state index < -0.39 is 0 Å². The Morgan fingerprint density at radius 3 is 2.85 bits per heavy atom. The second-order valence-corrected chi connectivity index (χ2v) is 8.83. The molecule has 1 heterocycles. The monoisotopic (exact) mass is 358 g/mol. The molecule has 0 radical (unpaired) electrons. The van der Waals surface area contributed by atoms with E-state index in [9.17, 15) is 5.26 Å². The van der Waals surface area contributed by atoms with Crippen molar-refractivity contribution in [1.82, 2.24) is 4.90 Å². The number of rotatable bonds is 2. The van der Waals surface area contributed by atoms with Gasteiger partial charge in [-0.1, -0.05) is 25.1 Å². The predicted molar refractivity (Wildman–Crippen MR) is 106 cm³/mol. The van der Waals surface area contributed by atoms with Crippen LogP contribution in [0.5, 0.6) is 5.75 Å². The van der Waals surface area contributed by atoms with E-state index in [1.54, 1.807) is 7.11 Å². The van der Waals surface area contributed by atoms with E-state index in [4.69, 9.17) is 4.74 Å². The molecule has 27 heavy (non-hydrogen) atoms. The summed E-state index contributed by atoms with van der Waals surface area (Å²) in [6.07, 6.45) is 2.41. The van der Waals surface area contributed by atoms with Gasteiger partial charge in [0.15, 0.2) is 0 Å². The first-order valence-electron chi connectivity index (χ1n) is 9.94. The minimum atomic E-state index is 0.0797. The lowest BCUT2D eigenvalue weighted by Gasteiger charge is -2.46. The normalized spacial score (nSPS) is 34.0. The van der Waals surface area contributed by atoms with Gasteiger partial charge in [-0.3, -0.25) is 0 Å². The Morgan fingerprint density at radius 1 is 1.22 bits per heavy atom.